The van der Waals surface area contributed by atoms with Crippen molar-refractivity contribution in [2.45, 2.75) is 6.42 Å². The van der Waals surface area contributed by atoms with Crippen molar-refractivity contribution < 1.29 is 13.3 Å². The van der Waals surface area contributed by atoms with E-state index in [1.165, 1.54) is 173 Å². The Morgan fingerprint density at radius 2 is 0.444 bits per heavy atom. The zero-order chi connectivity index (χ0) is 94.8. The number of benzene rings is 12. The summed E-state index contributed by atoms with van der Waals surface area (Å²) in [6.45, 7) is 0. The number of para-hydroxylation sites is 5. The summed E-state index contributed by atoms with van der Waals surface area (Å²) in [6, 6.07) is 116. The van der Waals surface area contributed by atoms with Gasteiger partial charge in [-0.05, 0) is 322 Å². The molecule has 144 heavy (non-hydrogen) atoms. The third kappa shape index (κ3) is 16.2. The fourth-order valence-corrected chi connectivity index (χ4v) is 31.6. The first-order valence-electron chi connectivity index (χ1n) is 47.2. The monoisotopic (exact) mass is 2060 g/mol. The molecule has 30 rings (SSSR count). The van der Waals surface area contributed by atoms with Crippen molar-refractivity contribution in [1.29, 1.82) is 0 Å². The van der Waals surface area contributed by atoms with E-state index in [1.54, 1.807) is 102 Å². The number of hydrogen-bond donors (Lipinski definition) is 2. The van der Waals surface area contributed by atoms with Crippen LogP contribution in [0.2, 0.25) is 0 Å². The number of aromatic amines is 2. The first-order chi connectivity index (χ1) is 71.2. The molecule has 0 saturated carbocycles. The highest BCUT2D eigenvalue weighted by molar-refractivity contribution is 7.23. The van der Waals surface area contributed by atoms with Crippen LogP contribution in [0.25, 0.3) is 285 Å². The molecule has 0 saturated heterocycles. The van der Waals surface area contributed by atoms with Gasteiger partial charge in [0.05, 0.1) is 0 Å². The Hall–Kier alpha value is -14.7. The predicted molar refractivity (Wildman–Crippen MR) is 630 cm³/mol. The van der Waals surface area contributed by atoms with E-state index < -0.39 is 0 Å². The quantitative estimate of drug-likeness (QED) is 0.0899. The number of hydrogen-bond acceptors (Lipinski definition) is 15. The van der Waals surface area contributed by atoms with E-state index in [9.17, 15) is 0 Å². The fraction of sp³-hybridized carbons (Fsp3) is 0.00787. The van der Waals surface area contributed by atoms with Gasteiger partial charge in [-0.15, -0.1) is 34.0 Å². The minimum atomic E-state index is 0.872. The Morgan fingerprint density at radius 1 is 0.194 bits per heavy atom. The number of fused-ring (bicyclic) bond motifs is 9. The zero-order valence-electron chi connectivity index (χ0n) is 76.4. The SMILES string of the molecule is C1=C(c2cscc2-c2cc(-c3cscc3-c3cc4ccccc4[nH]3)cc(-c3cscc3-c3cc4ccccc4[nH]3)c2)Cc2ccccc21.c1ccc2oc(-c3cscc3-c3cc(-c4cscc4-c4cc5ccccc5o4)cc(-c4cscc4-c4cc5ccccc5o4)c3)cc2c1.c1ccc2sc(-c3cscc3-c3cc(-c4cscc4-c4cc5ccccc5s4)cc(-c4cscc4-c4cc5ccccc5s4)c3)cc2c1. The van der Waals surface area contributed by atoms with E-state index in [0.29, 0.717) is 0 Å². The Balaban J connectivity index is 0.000000105. The topological polar surface area (TPSA) is 71.0 Å². The summed E-state index contributed by atoms with van der Waals surface area (Å²) in [6.07, 6.45) is 3.35. The second-order valence-corrected chi connectivity index (χ2v) is 46.1. The fourth-order valence-electron chi connectivity index (χ4n) is 20.4. The normalized spacial score (nSPS) is 12.0. The van der Waals surface area contributed by atoms with Crippen molar-refractivity contribution in [3.8, 4) is 188 Å². The lowest BCUT2D eigenvalue weighted by atomic mass is 9.90. The van der Waals surface area contributed by atoms with Crippen LogP contribution in [0.5, 0.6) is 0 Å². The van der Waals surface area contributed by atoms with Crippen LogP contribution in [0, 0.1) is 0 Å². The average Bonchev–Trinajstić information content (AvgIpc) is 1.61. The standard InChI is InChI=1S/C43H28N2S3.C42H24O3S3.C42H24S6/c1-2-8-27-14-30(13-26(27)7-1)34-20-46-21-35(34)31-15-32(36-22-47-24-38(36)42-18-28-9-3-5-11-40(28)44-42)17-33(16-31)37-23-48-25-39(37)43-19-29-10-4-6-12-41(29)45-43;1-4-10-37-25(7-1)16-40(43-37)34-22-46-19-31(34)28-13-29(32-20-47-23-35(32)41-17-26-8-2-5-11-38(26)44-41)15-30(14-28)33-21-48-24-36(33)42-18-27-9-3-6-12-39(27)45-42;1-4-10-37-25(7-1)16-40(46-37)34-22-43-19-31(34)28-13-29(32-20-44-23-35(32)41-17-26-8-2-5-11-38(26)47-41)15-30(14-28)33-21-45-24-36(33)42-18-27-9-3-6-12-39(27)48-42/h1-13,15-25,44-45H,14H2;2*1-24H. The van der Waals surface area contributed by atoms with Gasteiger partial charge in [0.1, 0.15) is 34.0 Å². The molecule has 17 heterocycles. The molecule has 0 unspecified atom stereocenters. The van der Waals surface area contributed by atoms with E-state index in [4.69, 9.17) is 13.3 Å². The van der Waals surface area contributed by atoms with Crippen molar-refractivity contribution in [3.63, 3.8) is 0 Å². The molecule has 12 aromatic carbocycles. The summed E-state index contributed by atoms with van der Waals surface area (Å²) >= 11 is 21.4. The number of H-pyrrole nitrogens is 2. The van der Waals surface area contributed by atoms with Crippen molar-refractivity contribution in [2.75, 3.05) is 0 Å². The summed E-state index contributed by atoms with van der Waals surface area (Å²) in [5, 5.41) is 50.8. The van der Waals surface area contributed by atoms with E-state index in [-0.39, 0.29) is 0 Å². The van der Waals surface area contributed by atoms with Crippen LogP contribution in [0.3, 0.4) is 0 Å². The third-order valence-electron chi connectivity index (χ3n) is 27.5. The molecule has 0 aliphatic heterocycles. The Morgan fingerprint density at radius 3 is 0.764 bits per heavy atom. The van der Waals surface area contributed by atoms with Crippen molar-refractivity contribution in [1.82, 2.24) is 9.97 Å². The van der Waals surface area contributed by atoms with Gasteiger partial charge in [-0.2, -0.15) is 102 Å². The van der Waals surface area contributed by atoms with Gasteiger partial charge in [-0.1, -0.05) is 176 Å². The van der Waals surface area contributed by atoms with Gasteiger partial charge in [0.15, 0.2) is 0 Å². The van der Waals surface area contributed by atoms with Crippen LogP contribution in [0.1, 0.15) is 16.7 Å². The van der Waals surface area contributed by atoms with Crippen LogP contribution >= 0.6 is 136 Å². The molecule has 0 fully saturated rings. The zero-order valence-corrected chi connectivity index (χ0v) is 86.2. The van der Waals surface area contributed by atoms with Crippen LogP contribution < -0.4 is 0 Å². The second kappa shape index (κ2) is 36.9. The van der Waals surface area contributed by atoms with Gasteiger partial charge in [0.2, 0.25) is 0 Å². The molecule has 1 aliphatic rings. The third-order valence-corrected chi connectivity index (χ3v) is 37.6. The number of furan rings is 3. The first-order valence-corrected chi connectivity index (χ1v) is 58.1. The van der Waals surface area contributed by atoms with Crippen molar-refractivity contribution in [3.05, 3.63) is 435 Å². The van der Waals surface area contributed by atoms with Crippen LogP contribution in [0.4, 0.5) is 0 Å². The van der Waals surface area contributed by atoms with Crippen LogP contribution in [-0.2, 0) is 6.42 Å². The molecule has 0 radical (unpaired) electrons. The van der Waals surface area contributed by atoms with Gasteiger partial charge >= 0.3 is 0 Å². The van der Waals surface area contributed by atoms with Gasteiger partial charge in [0.25, 0.3) is 0 Å². The summed E-state index contributed by atoms with van der Waals surface area (Å²) in [5.74, 6) is 2.61. The number of aromatic nitrogens is 2. The van der Waals surface area contributed by atoms with Gasteiger partial charge in [-0.25, -0.2) is 0 Å². The molecule has 17 heteroatoms. The van der Waals surface area contributed by atoms with Gasteiger partial charge in [0, 0.05) is 194 Å². The number of thiophene rings is 12. The molecule has 0 amide bonds. The van der Waals surface area contributed by atoms with E-state index in [2.05, 4.69) is 380 Å². The molecule has 0 spiro atoms. The van der Waals surface area contributed by atoms with Gasteiger partial charge in [-0.3, -0.25) is 0 Å². The number of allylic oxidation sites excluding steroid dienone is 1. The highest BCUT2D eigenvalue weighted by atomic mass is 32.1. The lowest BCUT2D eigenvalue weighted by molar-refractivity contribution is 0.632. The lowest BCUT2D eigenvalue weighted by Gasteiger charge is -2.13. The molecular weight excluding hydrogens is 1990 g/mol. The maximum atomic E-state index is 6.38. The minimum absolute atomic E-state index is 0.872. The molecule has 2 N–H and O–H groups in total. The van der Waals surface area contributed by atoms with E-state index >= 15 is 0 Å². The van der Waals surface area contributed by atoms with E-state index in [1.807, 2.05) is 88.6 Å². The molecule has 684 valence electrons. The van der Waals surface area contributed by atoms with Crippen LogP contribution in [0.15, 0.2) is 432 Å². The summed E-state index contributed by atoms with van der Waals surface area (Å²) < 4.78 is 23.1. The van der Waals surface area contributed by atoms with Crippen molar-refractivity contribution >= 4 is 233 Å². The summed E-state index contributed by atoms with van der Waals surface area (Å²) in [4.78, 5) is 11.3. The lowest BCUT2D eigenvalue weighted by Crippen LogP contribution is -1.90. The minimum Gasteiger partial charge on any atom is -0.456 e. The van der Waals surface area contributed by atoms with Crippen molar-refractivity contribution in [2.24, 2.45) is 0 Å². The highest BCUT2D eigenvalue weighted by Gasteiger charge is 2.28. The highest BCUT2D eigenvalue weighted by Crippen LogP contribution is 2.54. The first kappa shape index (κ1) is 87.1. The Kier molecular flexibility index (Phi) is 22.3. The molecule has 0 bridgehead atoms. The van der Waals surface area contributed by atoms with Gasteiger partial charge < -0.3 is 23.2 Å². The maximum absolute atomic E-state index is 6.38. The molecule has 1 aliphatic carbocycles. The molecule has 29 aromatic rings. The van der Waals surface area contributed by atoms with E-state index in [0.717, 1.165) is 129 Å². The average molecular weight is 2060 g/mol. The summed E-state index contributed by atoms with van der Waals surface area (Å²) in [5.41, 5.74) is 44.4. The Bertz CT molecular complexity index is 8580. The molecule has 5 nitrogen and oxygen atoms in total. The molecule has 17 aromatic heterocycles. The summed E-state index contributed by atoms with van der Waals surface area (Å²) in [7, 11) is 0. The second-order valence-electron chi connectivity index (χ2n) is 36.2. The van der Waals surface area contributed by atoms with Crippen LogP contribution in [-0.4, -0.2) is 9.97 Å². The molecule has 0 atom stereocenters. The number of nitrogens with one attached hydrogen (secondary N) is 2. The number of rotatable bonds is 18. The largest absolute Gasteiger partial charge is 0.456 e. The predicted octanol–water partition coefficient (Wildman–Crippen LogP) is 42.9. The molecular formula is C127H76N2O3S12. The smallest absolute Gasteiger partial charge is 0.136 e. The Labute approximate surface area is 876 Å². The maximum Gasteiger partial charge on any atom is 0.136 e.